The highest BCUT2D eigenvalue weighted by Gasteiger charge is 2.11. The van der Waals surface area contributed by atoms with Crippen molar-refractivity contribution in [2.75, 3.05) is 13.7 Å². The molecule has 0 bridgehead atoms. The fourth-order valence-corrected chi connectivity index (χ4v) is 1.78. The van der Waals surface area contributed by atoms with E-state index in [1.54, 1.807) is 32.2 Å². The van der Waals surface area contributed by atoms with E-state index in [4.69, 9.17) is 21.1 Å². The first-order valence-electron chi connectivity index (χ1n) is 5.69. The molecule has 0 fully saturated rings. The molecule has 0 saturated heterocycles. The van der Waals surface area contributed by atoms with E-state index < -0.39 is 0 Å². The Morgan fingerprint density at radius 1 is 1.39 bits per heavy atom. The molecule has 0 N–H and O–H groups in total. The number of benzene rings is 1. The molecular weight excluding hydrogens is 252 g/mol. The molecular formula is C14H17ClO3. The minimum Gasteiger partial charge on any atom is -0.491 e. The maximum atomic E-state index is 11.2. The molecule has 0 aliphatic carbocycles. The van der Waals surface area contributed by atoms with Gasteiger partial charge in [-0.3, -0.25) is 4.79 Å². The Morgan fingerprint density at radius 2 is 2.06 bits per heavy atom. The fraction of sp³-hybridized carbons (Fsp3) is 0.357. The third kappa shape index (κ3) is 3.50. The van der Waals surface area contributed by atoms with E-state index in [0.717, 1.165) is 5.56 Å². The van der Waals surface area contributed by atoms with Gasteiger partial charge in [-0.1, -0.05) is 11.6 Å². The molecule has 0 aromatic heterocycles. The number of rotatable bonds is 5. The van der Waals surface area contributed by atoms with E-state index in [2.05, 4.69) is 0 Å². The van der Waals surface area contributed by atoms with Crippen molar-refractivity contribution >= 4 is 23.5 Å². The summed E-state index contributed by atoms with van der Waals surface area (Å²) in [6.45, 7) is 5.70. The van der Waals surface area contributed by atoms with Gasteiger partial charge in [-0.05, 0) is 50.1 Å². The van der Waals surface area contributed by atoms with E-state index in [9.17, 15) is 4.79 Å². The van der Waals surface area contributed by atoms with E-state index in [-0.39, 0.29) is 5.78 Å². The number of halogens is 1. The van der Waals surface area contributed by atoms with Crippen LogP contribution < -0.4 is 9.47 Å². The Balaban J connectivity index is 3.24. The monoisotopic (exact) mass is 268 g/mol. The van der Waals surface area contributed by atoms with Crippen LogP contribution in [-0.4, -0.2) is 19.5 Å². The summed E-state index contributed by atoms with van der Waals surface area (Å²) < 4.78 is 10.7. The lowest BCUT2D eigenvalue weighted by atomic mass is 10.1. The number of hydrogen-bond donors (Lipinski definition) is 0. The molecule has 18 heavy (non-hydrogen) atoms. The van der Waals surface area contributed by atoms with Crippen LogP contribution >= 0.6 is 11.6 Å². The molecule has 0 spiro atoms. The van der Waals surface area contributed by atoms with Crippen LogP contribution in [0.5, 0.6) is 11.5 Å². The Kier molecular flexibility index (Phi) is 5.23. The Bertz CT molecular complexity index is 478. The Morgan fingerprint density at radius 3 is 2.56 bits per heavy atom. The topological polar surface area (TPSA) is 35.5 Å². The van der Waals surface area contributed by atoms with E-state index in [1.165, 1.54) is 6.92 Å². The largest absolute Gasteiger partial charge is 0.491 e. The number of carbonyl (C=O) groups excluding carboxylic acids is 1. The molecule has 4 heteroatoms. The normalized spacial score (nSPS) is 11.3. The van der Waals surface area contributed by atoms with Gasteiger partial charge in [0.15, 0.2) is 17.3 Å². The van der Waals surface area contributed by atoms with Crippen LogP contribution in [0.3, 0.4) is 0 Å². The standard InChI is InChI=1S/C14H17ClO3/c1-5-18-13-8-11(6-9(2)10(3)16)7-12(15)14(13)17-4/h6-8H,5H2,1-4H3/b9-6-. The van der Waals surface area contributed by atoms with Gasteiger partial charge in [0, 0.05) is 0 Å². The third-order valence-electron chi connectivity index (χ3n) is 2.47. The fourth-order valence-electron chi connectivity index (χ4n) is 1.48. The molecule has 1 aromatic rings. The molecule has 0 amide bonds. The maximum Gasteiger partial charge on any atom is 0.179 e. The molecule has 0 saturated carbocycles. The van der Waals surface area contributed by atoms with E-state index in [0.29, 0.717) is 28.7 Å². The van der Waals surface area contributed by atoms with Gasteiger partial charge in [0.1, 0.15) is 0 Å². The zero-order valence-corrected chi connectivity index (χ0v) is 11.8. The highest BCUT2D eigenvalue weighted by molar-refractivity contribution is 6.32. The maximum absolute atomic E-state index is 11.2. The van der Waals surface area contributed by atoms with Crippen LogP contribution in [-0.2, 0) is 4.79 Å². The van der Waals surface area contributed by atoms with Gasteiger partial charge in [-0.25, -0.2) is 0 Å². The molecule has 0 radical (unpaired) electrons. The van der Waals surface area contributed by atoms with Crippen molar-refractivity contribution in [3.63, 3.8) is 0 Å². The molecule has 0 aliphatic rings. The minimum atomic E-state index is 0.0277. The van der Waals surface area contributed by atoms with Crippen molar-refractivity contribution in [1.82, 2.24) is 0 Å². The van der Waals surface area contributed by atoms with Gasteiger partial charge in [0.05, 0.1) is 18.7 Å². The number of Topliss-reactive ketones (excluding diaryl/α,β-unsaturated/α-hetero) is 1. The summed E-state index contributed by atoms with van der Waals surface area (Å²) in [5.41, 5.74) is 1.48. The van der Waals surface area contributed by atoms with Crippen molar-refractivity contribution < 1.29 is 14.3 Å². The lowest BCUT2D eigenvalue weighted by Crippen LogP contribution is -1.97. The molecule has 3 nitrogen and oxygen atoms in total. The van der Waals surface area contributed by atoms with Crippen LogP contribution in [0.15, 0.2) is 17.7 Å². The molecule has 0 unspecified atom stereocenters. The molecule has 0 aliphatic heterocycles. The van der Waals surface area contributed by atoms with Crippen LogP contribution in [0.2, 0.25) is 5.02 Å². The average Bonchev–Trinajstić information content (AvgIpc) is 2.29. The second-order valence-electron chi connectivity index (χ2n) is 3.85. The summed E-state index contributed by atoms with van der Waals surface area (Å²) >= 11 is 6.11. The number of ether oxygens (including phenoxy) is 2. The van der Waals surface area contributed by atoms with E-state index in [1.807, 2.05) is 6.92 Å². The summed E-state index contributed by atoms with van der Waals surface area (Å²) in [5, 5.41) is 0.464. The second-order valence-corrected chi connectivity index (χ2v) is 4.26. The molecule has 1 rings (SSSR count). The first kappa shape index (κ1) is 14.6. The van der Waals surface area contributed by atoms with Crippen LogP contribution in [0.4, 0.5) is 0 Å². The summed E-state index contributed by atoms with van der Waals surface area (Å²) in [6.07, 6.45) is 1.77. The zero-order valence-electron chi connectivity index (χ0n) is 11.0. The minimum absolute atomic E-state index is 0.0277. The molecule has 1 aromatic carbocycles. The lowest BCUT2D eigenvalue weighted by molar-refractivity contribution is -0.113. The van der Waals surface area contributed by atoms with Crippen LogP contribution in [0.1, 0.15) is 26.3 Å². The van der Waals surface area contributed by atoms with Gasteiger partial charge in [0.2, 0.25) is 0 Å². The first-order valence-corrected chi connectivity index (χ1v) is 6.07. The number of carbonyl (C=O) groups is 1. The van der Waals surface area contributed by atoms with Crippen molar-refractivity contribution in [1.29, 1.82) is 0 Å². The van der Waals surface area contributed by atoms with Gasteiger partial charge in [-0.2, -0.15) is 0 Å². The third-order valence-corrected chi connectivity index (χ3v) is 2.76. The number of allylic oxidation sites excluding steroid dienone is 1. The van der Waals surface area contributed by atoms with Crippen LogP contribution in [0.25, 0.3) is 6.08 Å². The first-order chi connectivity index (χ1) is 8.49. The summed E-state index contributed by atoms with van der Waals surface area (Å²) in [5.74, 6) is 1.12. The predicted octanol–water partition coefficient (Wildman–Crippen LogP) is 3.74. The summed E-state index contributed by atoms with van der Waals surface area (Å²) in [4.78, 5) is 11.2. The Hall–Kier alpha value is -1.48. The van der Waals surface area contributed by atoms with Crippen molar-refractivity contribution in [3.8, 4) is 11.5 Å². The quantitative estimate of drug-likeness (QED) is 0.763. The highest BCUT2D eigenvalue weighted by Crippen LogP contribution is 2.36. The van der Waals surface area contributed by atoms with Crippen molar-refractivity contribution in [2.24, 2.45) is 0 Å². The molecule has 0 heterocycles. The number of ketones is 1. The Labute approximate surface area is 112 Å². The van der Waals surface area contributed by atoms with Crippen molar-refractivity contribution in [3.05, 3.63) is 28.3 Å². The number of methoxy groups -OCH3 is 1. The molecule has 98 valence electrons. The van der Waals surface area contributed by atoms with Gasteiger partial charge < -0.3 is 9.47 Å². The van der Waals surface area contributed by atoms with Crippen molar-refractivity contribution in [2.45, 2.75) is 20.8 Å². The second kappa shape index (κ2) is 6.45. The van der Waals surface area contributed by atoms with Gasteiger partial charge >= 0.3 is 0 Å². The lowest BCUT2D eigenvalue weighted by Gasteiger charge is -2.12. The highest BCUT2D eigenvalue weighted by atomic mass is 35.5. The van der Waals surface area contributed by atoms with Crippen LogP contribution in [0, 0.1) is 0 Å². The SMILES string of the molecule is CCOc1cc(/C=C(/C)C(C)=O)cc(Cl)c1OC. The summed E-state index contributed by atoms with van der Waals surface area (Å²) in [7, 11) is 1.54. The average molecular weight is 269 g/mol. The zero-order chi connectivity index (χ0) is 13.7. The van der Waals surface area contributed by atoms with Gasteiger partial charge in [-0.15, -0.1) is 0 Å². The predicted molar refractivity (Wildman–Crippen MR) is 73.5 cm³/mol. The summed E-state index contributed by atoms with van der Waals surface area (Å²) in [6, 6.07) is 3.55. The smallest absolute Gasteiger partial charge is 0.179 e. The van der Waals surface area contributed by atoms with E-state index >= 15 is 0 Å². The van der Waals surface area contributed by atoms with Gasteiger partial charge in [0.25, 0.3) is 0 Å². The molecule has 0 atom stereocenters. The number of hydrogen-bond acceptors (Lipinski definition) is 3.